The van der Waals surface area contributed by atoms with E-state index < -0.39 is 0 Å². The highest BCUT2D eigenvalue weighted by Gasteiger charge is 2.08. The van der Waals surface area contributed by atoms with E-state index >= 15 is 0 Å². The second-order valence-corrected chi connectivity index (χ2v) is 4.36. The third-order valence-electron chi connectivity index (χ3n) is 2.84. The van der Waals surface area contributed by atoms with Crippen LogP contribution in [0, 0.1) is 25.2 Å². The van der Waals surface area contributed by atoms with Gasteiger partial charge in [-0.2, -0.15) is 5.26 Å². The SMILES string of the molecule is Cc1cc(C)c2cc(C#N)c(NCCN)nc2c1. The van der Waals surface area contributed by atoms with Gasteiger partial charge in [-0.25, -0.2) is 4.98 Å². The molecule has 1 aromatic carbocycles. The number of hydrogen-bond acceptors (Lipinski definition) is 4. The Balaban J connectivity index is 2.62. The molecule has 1 aromatic heterocycles. The highest BCUT2D eigenvalue weighted by atomic mass is 15.0. The van der Waals surface area contributed by atoms with Gasteiger partial charge in [0.05, 0.1) is 11.1 Å². The zero-order chi connectivity index (χ0) is 13.1. The molecule has 0 spiro atoms. The maximum absolute atomic E-state index is 9.16. The van der Waals surface area contributed by atoms with Crippen molar-refractivity contribution < 1.29 is 0 Å². The molecule has 0 radical (unpaired) electrons. The summed E-state index contributed by atoms with van der Waals surface area (Å²) >= 11 is 0. The molecule has 1 heterocycles. The molecule has 0 saturated heterocycles. The van der Waals surface area contributed by atoms with Crippen LogP contribution < -0.4 is 11.1 Å². The molecule has 0 aliphatic heterocycles. The van der Waals surface area contributed by atoms with Gasteiger partial charge in [0.25, 0.3) is 0 Å². The van der Waals surface area contributed by atoms with Crippen molar-refractivity contribution in [1.29, 1.82) is 5.26 Å². The van der Waals surface area contributed by atoms with Gasteiger partial charge in [0.15, 0.2) is 0 Å². The maximum Gasteiger partial charge on any atom is 0.144 e. The van der Waals surface area contributed by atoms with Crippen molar-refractivity contribution in [1.82, 2.24) is 4.98 Å². The zero-order valence-corrected chi connectivity index (χ0v) is 10.6. The standard InChI is InChI=1S/C14H16N4/c1-9-5-10(2)12-7-11(8-16)14(17-4-3-15)18-13(12)6-9/h5-7H,3-4,15H2,1-2H3,(H,17,18). The average molecular weight is 240 g/mol. The van der Waals surface area contributed by atoms with Crippen LogP contribution in [0.4, 0.5) is 5.82 Å². The Labute approximate surface area is 106 Å². The van der Waals surface area contributed by atoms with Crippen LogP contribution in [0.3, 0.4) is 0 Å². The quantitative estimate of drug-likeness (QED) is 0.861. The molecule has 92 valence electrons. The lowest BCUT2D eigenvalue weighted by Crippen LogP contribution is -2.14. The number of benzene rings is 1. The van der Waals surface area contributed by atoms with Crippen molar-refractivity contribution in [3.8, 4) is 6.07 Å². The van der Waals surface area contributed by atoms with Crippen molar-refractivity contribution >= 4 is 16.7 Å². The van der Waals surface area contributed by atoms with Crippen LogP contribution >= 0.6 is 0 Å². The van der Waals surface area contributed by atoms with E-state index in [9.17, 15) is 0 Å². The fraction of sp³-hybridized carbons (Fsp3) is 0.286. The molecule has 0 saturated carbocycles. The fourth-order valence-electron chi connectivity index (χ4n) is 2.04. The second kappa shape index (κ2) is 5.03. The molecule has 0 fully saturated rings. The molecule has 4 nitrogen and oxygen atoms in total. The van der Waals surface area contributed by atoms with E-state index in [4.69, 9.17) is 11.0 Å². The van der Waals surface area contributed by atoms with Gasteiger partial charge in [-0.05, 0) is 37.1 Å². The van der Waals surface area contributed by atoms with Crippen LogP contribution in [-0.2, 0) is 0 Å². The molecule has 0 amide bonds. The first kappa shape index (κ1) is 12.3. The highest BCUT2D eigenvalue weighted by Crippen LogP contribution is 2.24. The Bertz CT molecular complexity index is 626. The van der Waals surface area contributed by atoms with Crippen LogP contribution in [0.2, 0.25) is 0 Å². The van der Waals surface area contributed by atoms with E-state index in [1.54, 1.807) is 0 Å². The van der Waals surface area contributed by atoms with E-state index in [0.717, 1.165) is 16.5 Å². The number of rotatable bonds is 3. The zero-order valence-electron chi connectivity index (χ0n) is 10.6. The first-order valence-electron chi connectivity index (χ1n) is 5.91. The minimum atomic E-state index is 0.511. The molecule has 2 aromatic rings. The molecule has 0 unspecified atom stereocenters. The monoisotopic (exact) mass is 240 g/mol. The van der Waals surface area contributed by atoms with Crippen LogP contribution in [0.1, 0.15) is 16.7 Å². The minimum absolute atomic E-state index is 0.511. The largest absolute Gasteiger partial charge is 0.368 e. The summed E-state index contributed by atoms with van der Waals surface area (Å²) in [7, 11) is 0. The van der Waals surface area contributed by atoms with Gasteiger partial charge in [0, 0.05) is 18.5 Å². The van der Waals surface area contributed by atoms with Crippen LogP contribution in [0.25, 0.3) is 10.9 Å². The Kier molecular flexibility index (Phi) is 3.45. The van der Waals surface area contributed by atoms with E-state index in [-0.39, 0.29) is 0 Å². The Morgan fingerprint density at radius 1 is 1.33 bits per heavy atom. The lowest BCUT2D eigenvalue weighted by atomic mass is 10.0. The van der Waals surface area contributed by atoms with E-state index in [1.807, 2.05) is 26.0 Å². The minimum Gasteiger partial charge on any atom is -0.368 e. The van der Waals surface area contributed by atoms with Crippen molar-refractivity contribution in [3.63, 3.8) is 0 Å². The molecular weight excluding hydrogens is 224 g/mol. The van der Waals surface area contributed by atoms with Crippen molar-refractivity contribution in [2.75, 3.05) is 18.4 Å². The number of hydrogen-bond donors (Lipinski definition) is 2. The number of fused-ring (bicyclic) bond motifs is 1. The van der Waals surface area contributed by atoms with Crippen LogP contribution in [-0.4, -0.2) is 18.1 Å². The number of pyridine rings is 1. The lowest BCUT2D eigenvalue weighted by Gasteiger charge is -2.10. The van der Waals surface area contributed by atoms with Gasteiger partial charge in [0.2, 0.25) is 0 Å². The predicted octanol–water partition coefficient (Wildman–Crippen LogP) is 2.09. The number of aromatic nitrogens is 1. The first-order valence-corrected chi connectivity index (χ1v) is 5.91. The smallest absolute Gasteiger partial charge is 0.144 e. The topological polar surface area (TPSA) is 74.7 Å². The summed E-state index contributed by atoms with van der Waals surface area (Å²) in [6, 6.07) is 8.18. The molecule has 18 heavy (non-hydrogen) atoms. The lowest BCUT2D eigenvalue weighted by molar-refractivity contribution is 1.01. The highest BCUT2D eigenvalue weighted by molar-refractivity contribution is 5.86. The summed E-state index contributed by atoms with van der Waals surface area (Å²) in [5.41, 5.74) is 9.23. The number of aryl methyl sites for hydroxylation is 2. The summed E-state index contributed by atoms with van der Waals surface area (Å²) in [4.78, 5) is 4.52. The Morgan fingerprint density at radius 3 is 2.78 bits per heavy atom. The molecule has 0 bridgehead atoms. The number of nitrogens with zero attached hydrogens (tertiary/aromatic N) is 2. The third-order valence-corrected chi connectivity index (χ3v) is 2.84. The van der Waals surface area contributed by atoms with Crippen molar-refractivity contribution in [2.24, 2.45) is 5.73 Å². The van der Waals surface area contributed by atoms with Gasteiger partial charge in [-0.3, -0.25) is 0 Å². The van der Waals surface area contributed by atoms with Gasteiger partial charge < -0.3 is 11.1 Å². The van der Waals surface area contributed by atoms with Crippen molar-refractivity contribution in [3.05, 3.63) is 34.9 Å². The van der Waals surface area contributed by atoms with E-state index in [0.29, 0.717) is 24.5 Å². The molecule has 0 aliphatic rings. The Morgan fingerprint density at radius 2 is 2.11 bits per heavy atom. The van der Waals surface area contributed by atoms with Crippen LogP contribution in [0.15, 0.2) is 18.2 Å². The second-order valence-electron chi connectivity index (χ2n) is 4.36. The predicted molar refractivity (Wildman–Crippen MR) is 73.5 cm³/mol. The third kappa shape index (κ3) is 2.27. The van der Waals surface area contributed by atoms with Crippen LogP contribution in [0.5, 0.6) is 0 Å². The summed E-state index contributed by atoms with van der Waals surface area (Å²) < 4.78 is 0. The summed E-state index contributed by atoms with van der Waals surface area (Å²) in [6.45, 7) is 5.19. The van der Waals surface area contributed by atoms with Gasteiger partial charge >= 0.3 is 0 Å². The first-order chi connectivity index (χ1) is 8.65. The van der Waals surface area contributed by atoms with Gasteiger partial charge in [0.1, 0.15) is 11.9 Å². The molecular formula is C14H16N4. The van der Waals surface area contributed by atoms with Gasteiger partial charge in [-0.1, -0.05) is 6.07 Å². The summed E-state index contributed by atoms with van der Waals surface area (Å²) in [6.07, 6.45) is 0. The Hall–Kier alpha value is -2.12. The number of nitrogens with one attached hydrogen (secondary N) is 1. The molecule has 2 rings (SSSR count). The molecule has 3 N–H and O–H groups in total. The molecule has 4 heteroatoms. The van der Waals surface area contributed by atoms with E-state index in [1.165, 1.54) is 5.56 Å². The average Bonchev–Trinajstić information content (AvgIpc) is 2.35. The maximum atomic E-state index is 9.16. The molecule has 0 atom stereocenters. The number of anilines is 1. The molecule has 0 aliphatic carbocycles. The summed E-state index contributed by atoms with van der Waals surface area (Å²) in [5, 5.41) is 13.3. The number of nitriles is 1. The normalized spacial score (nSPS) is 10.3. The van der Waals surface area contributed by atoms with E-state index in [2.05, 4.69) is 22.4 Å². The number of nitrogens with two attached hydrogens (primary N) is 1. The summed E-state index contributed by atoms with van der Waals surface area (Å²) in [5.74, 6) is 0.612. The van der Waals surface area contributed by atoms with Gasteiger partial charge in [-0.15, -0.1) is 0 Å². The fourth-order valence-corrected chi connectivity index (χ4v) is 2.04. The van der Waals surface area contributed by atoms with Crippen molar-refractivity contribution in [2.45, 2.75) is 13.8 Å².